The summed E-state index contributed by atoms with van der Waals surface area (Å²) in [4.78, 5) is 4.55. The molecule has 0 aliphatic heterocycles. The van der Waals surface area contributed by atoms with E-state index in [1.807, 2.05) is 25.1 Å². The number of allylic oxidation sites excluding steroid dienone is 1. The normalized spacial score (nSPS) is 11.4. The van der Waals surface area contributed by atoms with Crippen LogP contribution in [-0.4, -0.2) is 18.1 Å². The first-order valence-electron chi connectivity index (χ1n) is 7.12. The molecule has 1 aromatic heterocycles. The predicted molar refractivity (Wildman–Crippen MR) is 80.6 cm³/mol. The van der Waals surface area contributed by atoms with E-state index in [0.717, 1.165) is 31.1 Å². The molecule has 0 atom stereocenters. The van der Waals surface area contributed by atoms with E-state index in [-0.39, 0.29) is 0 Å². The highest BCUT2D eigenvalue weighted by atomic mass is 16.5. The fourth-order valence-electron chi connectivity index (χ4n) is 1.69. The average molecular weight is 262 g/mol. The quantitative estimate of drug-likeness (QED) is 0.573. The van der Waals surface area contributed by atoms with Crippen molar-refractivity contribution < 1.29 is 4.74 Å². The van der Waals surface area contributed by atoms with Crippen LogP contribution in [0.5, 0.6) is 5.88 Å². The molecule has 0 saturated heterocycles. The number of hydrogen-bond acceptors (Lipinski definition) is 3. The Bertz CT molecular complexity index is 400. The number of nitrogens with one attached hydrogen (secondary N) is 1. The Morgan fingerprint density at radius 1 is 1.37 bits per heavy atom. The number of hydrogen-bond donors (Lipinski definition) is 1. The zero-order chi connectivity index (χ0) is 14.1. The van der Waals surface area contributed by atoms with Gasteiger partial charge in [-0.1, -0.05) is 32.9 Å². The SMILES string of the molecule is C/C=C/COc1cc(CNCCC)cc(C(C)C)n1. The molecular weight excluding hydrogens is 236 g/mol. The average Bonchev–Trinajstić information content (AvgIpc) is 2.39. The number of aromatic nitrogens is 1. The van der Waals surface area contributed by atoms with Crippen LogP contribution >= 0.6 is 0 Å². The van der Waals surface area contributed by atoms with Crippen molar-refractivity contribution in [2.75, 3.05) is 13.2 Å². The van der Waals surface area contributed by atoms with Crippen molar-refractivity contribution in [3.05, 3.63) is 35.5 Å². The van der Waals surface area contributed by atoms with Gasteiger partial charge in [-0.2, -0.15) is 0 Å². The second-order valence-electron chi connectivity index (χ2n) is 4.95. The van der Waals surface area contributed by atoms with Crippen LogP contribution in [0.2, 0.25) is 0 Å². The Hall–Kier alpha value is -1.35. The maximum atomic E-state index is 5.66. The molecule has 1 heterocycles. The molecule has 0 aliphatic rings. The fourth-order valence-corrected chi connectivity index (χ4v) is 1.69. The Balaban J connectivity index is 2.77. The minimum Gasteiger partial charge on any atom is -0.473 e. The summed E-state index contributed by atoms with van der Waals surface area (Å²) in [5.41, 5.74) is 2.33. The molecule has 0 aromatic carbocycles. The molecule has 1 aromatic rings. The van der Waals surface area contributed by atoms with Gasteiger partial charge in [-0.3, -0.25) is 0 Å². The Morgan fingerprint density at radius 2 is 2.16 bits per heavy atom. The third kappa shape index (κ3) is 5.88. The lowest BCUT2D eigenvalue weighted by Crippen LogP contribution is -2.14. The predicted octanol–water partition coefficient (Wildman–Crippen LogP) is 3.66. The minimum absolute atomic E-state index is 0.412. The molecular formula is C16H26N2O. The summed E-state index contributed by atoms with van der Waals surface area (Å²) in [6, 6.07) is 4.19. The number of rotatable bonds is 8. The molecule has 106 valence electrons. The van der Waals surface area contributed by atoms with E-state index in [9.17, 15) is 0 Å². The van der Waals surface area contributed by atoms with Gasteiger partial charge in [0.25, 0.3) is 0 Å². The van der Waals surface area contributed by atoms with Crippen LogP contribution in [0, 0.1) is 0 Å². The maximum Gasteiger partial charge on any atom is 0.214 e. The standard InChI is InChI=1S/C16H26N2O/c1-5-7-9-19-16-11-14(12-17-8-6-2)10-15(18-16)13(3)4/h5,7,10-11,13,17H,6,8-9,12H2,1-4H3/b7-5+. The van der Waals surface area contributed by atoms with E-state index >= 15 is 0 Å². The second kappa shape index (κ2) is 8.70. The van der Waals surface area contributed by atoms with Gasteiger partial charge >= 0.3 is 0 Å². The first-order valence-corrected chi connectivity index (χ1v) is 7.12. The monoisotopic (exact) mass is 262 g/mol. The van der Waals surface area contributed by atoms with E-state index in [2.05, 4.69) is 37.1 Å². The van der Waals surface area contributed by atoms with E-state index in [1.165, 1.54) is 5.56 Å². The van der Waals surface area contributed by atoms with Crippen molar-refractivity contribution in [1.82, 2.24) is 10.3 Å². The largest absolute Gasteiger partial charge is 0.473 e. The summed E-state index contributed by atoms with van der Waals surface area (Å²) in [6.45, 7) is 11.0. The molecule has 1 rings (SSSR count). The smallest absolute Gasteiger partial charge is 0.214 e. The second-order valence-corrected chi connectivity index (χ2v) is 4.95. The van der Waals surface area contributed by atoms with E-state index in [4.69, 9.17) is 4.74 Å². The number of ether oxygens (including phenoxy) is 1. The Labute approximate surface area is 117 Å². The highest BCUT2D eigenvalue weighted by molar-refractivity contribution is 5.26. The maximum absolute atomic E-state index is 5.66. The first-order chi connectivity index (χ1) is 9.17. The highest BCUT2D eigenvalue weighted by Gasteiger charge is 2.06. The van der Waals surface area contributed by atoms with Crippen molar-refractivity contribution in [2.45, 2.75) is 46.6 Å². The van der Waals surface area contributed by atoms with Gasteiger partial charge in [0.15, 0.2) is 0 Å². The third-order valence-corrected chi connectivity index (χ3v) is 2.79. The highest BCUT2D eigenvalue weighted by Crippen LogP contribution is 2.19. The molecule has 0 fully saturated rings. The van der Waals surface area contributed by atoms with Gasteiger partial charge in [-0.15, -0.1) is 0 Å². The van der Waals surface area contributed by atoms with Crippen LogP contribution in [-0.2, 0) is 6.54 Å². The van der Waals surface area contributed by atoms with Crippen molar-refractivity contribution in [1.29, 1.82) is 0 Å². The Kier molecular flexibility index (Phi) is 7.19. The zero-order valence-electron chi connectivity index (χ0n) is 12.6. The third-order valence-electron chi connectivity index (χ3n) is 2.79. The van der Waals surface area contributed by atoms with Crippen LogP contribution in [0.15, 0.2) is 24.3 Å². The fraction of sp³-hybridized carbons (Fsp3) is 0.562. The summed E-state index contributed by atoms with van der Waals surface area (Å²) in [7, 11) is 0. The summed E-state index contributed by atoms with van der Waals surface area (Å²) in [6.07, 6.45) is 5.11. The first kappa shape index (κ1) is 15.7. The van der Waals surface area contributed by atoms with E-state index in [1.54, 1.807) is 0 Å². The summed E-state index contributed by atoms with van der Waals surface area (Å²) >= 11 is 0. The van der Waals surface area contributed by atoms with Gasteiger partial charge in [0.2, 0.25) is 5.88 Å². The van der Waals surface area contributed by atoms with Gasteiger partial charge in [-0.05, 0) is 37.4 Å². The summed E-state index contributed by atoms with van der Waals surface area (Å²) in [5, 5.41) is 3.41. The van der Waals surface area contributed by atoms with Gasteiger partial charge < -0.3 is 10.1 Å². The van der Waals surface area contributed by atoms with Gasteiger partial charge in [-0.25, -0.2) is 4.98 Å². The molecule has 0 saturated carbocycles. The van der Waals surface area contributed by atoms with Crippen molar-refractivity contribution in [2.24, 2.45) is 0 Å². The molecule has 0 aliphatic carbocycles. The summed E-state index contributed by atoms with van der Waals surface area (Å²) in [5.74, 6) is 1.13. The summed E-state index contributed by atoms with van der Waals surface area (Å²) < 4.78 is 5.66. The minimum atomic E-state index is 0.412. The molecule has 0 radical (unpaired) electrons. The molecule has 0 bridgehead atoms. The van der Waals surface area contributed by atoms with E-state index in [0.29, 0.717) is 12.5 Å². The van der Waals surface area contributed by atoms with Crippen LogP contribution in [0.4, 0.5) is 0 Å². The number of pyridine rings is 1. The van der Waals surface area contributed by atoms with Crippen molar-refractivity contribution >= 4 is 0 Å². The molecule has 3 nitrogen and oxygen atoms in total. The lowest BCUT2D eigenvalue weighted by Gasteiger charge is -2.12. The zero-order valence-corrected chi connectivity index (χ0v) is 12.6. The molecule has 0 spiro atoms. The van der Waals surface area contributed by atoms with Crippen LogP contribution < -0.4 is 10.1 Å². The van der Waals surface area contributed by atoms with Gasteiger partial charge in [0, 0.05) is 18.3 Å². The van der Waals surface area contributed by atoms with Crippen LogP contribution in [0.25, 0.3) is 0 Å². The Morgan fingerprint density at radius 3 is 2.79 bits per heavy atom. The van der Waals surface area contributed by atoms with Gasteiger partial charge in [0.1, 0.15) is 6.61 Å². The molecule has 0 unspecified atom stereocenters. The molecule has 3 heteroatoms. The van der Waals surface area contributed by atoms with Crippen LogP contribution in [0.3, 0.4) is 0 Å². The lowest BCUT2D eigenvalue weighted by atomic mass is 10.1. The topological polar surface area (TPSA) is 34.1 Å². The van der Waals surface area contributed by atoms with Crippen molar-refractivity contribution in [3.63, 3.8) is 0 Å². The van der Waals surface area contributed by atoms with Gasteiger partial charge in [0.05, 0.1) is 0 Å². The van der Waals surface area contributed by atoms with Crippen LogP contribution in [0.1, 0.15) is 51.3 Å². The molecule has 0 amide bonds. The molecule has 19 heavy (non-hydrogen) atoms. The lowest BCUT2D eigenvalue weighted by molar-refractivity contribution is 0.346. The molecule has 1 N–H and O–H groups in total. The number of nitrogens with zero attached hydrogens (tertiary/aromatic N) is 1. The van der Waals surface area contributed by atoms with E-state index < -0.39 is 0 Å². The van der Waals surface area contributed by atoms with Crippen molar-refractivity contribution in [3.8, 4) is 5.88 Å².